The zero-order chi connectivity index (χ0) is 12.8. The monoisotopic (exact) mass is 246 g/mol. The number of piperidine rings is 1. The number of nitrogens with zero attached hydrogens (tertiary/aromatic N) is 3. The first-order chi connectivity index (χ1) is 8.79. The molecule has 0 saturated carbocycles. The van der Waals surface area contributed by atoms with Crippen molar-refractivity contribution >= 4 is 11.6 Å². The largest absolute Gasteiger partial charge is 0.303 e. The normalized spacial score (nSPS) is 16.4. The topological polar surface area (TPSA) is 57.6 Å². The van der Waals surface area contributed by atoms with E-state index in [0.717, 1.165) is 38.2 Å². The number of likely N-dealkylation sites (tertiary alicyclic amines) is 1. The van der Waals surface area contributed by atoms with Crippen LogP contribution in [0, 0.1) is 0 Å². The molecule has 0 unspecified atom stereocenters. The Morgan fingerprint density at radius 2 is 2.28 bits per heavy atom. The second-order valence-electron chi connectivity index (χ2n) is 4.29. The molecule has 0 radical (unpaired) electrons. The number of carbonyl (C=O) groups excluding carboxylic acids is 1. The summed E-state index contributed by atoms with van der Waals surface area (Å²) in [7, 11) is 0. The van der Waals surface area contributed by atoms with Gasteiger partial charge in [-0.25, -0.2) is 5.43 Å². The highest BCUT2D eigenvalue weighted by Gasteiger charge is 2.13. The number of aromatic nitrogens is 1. The summed E-state index contributed by atoms with van der Waals surface area (Å²) < 4.78 is 0. The number of amides is 1. The van der Waals surface area contributed by atoms with Crippen molar-refractivity contribution in [2.75, 3.05) is 19.6 Å². The molecule has 5 heteroatoms. The standard InChI is InChI=1S/C13H18N4O/c1-2-17-8-5-12(6-9-17)15-16-13(18)11-4-3-7-14-10-11/h3-4,7,10H,2,5-6,8-9H2,1H3,(H,16,18). The Bertz CT molecular complexity index is 420. The van der Waals surface area contributed by atoms with Crippen LogP contribution in [-0.4, -0.2) is 41.1 Å². The number of hydrazone groups is 1. The third kappa shape index (κ3) is 3.37. The maximum Gasteiger partial charge on any atom is 0.272 e. The Kier molecular flexibility index (Phi) is 4.41. The molecule has 2 heterocycles. The Labute approximate surface area is 107 Å². The fraction of sp³-hybridized carbons (Fsp3) is 0.462. The predicted molar refractivity (Wildman–Crippen MR) is 70.5 cm³/mol. The van der Waals surface area contributed by atoms with Crippen LogP contribution in [-0.2, 0) is 0 Å². The molecule has 96 valence electrons. The molecule has 1 N–H and O–H groups in total. The lowest BCUT2D eigenvalue weighted by atomic mass is 10.1. The van der Waals surface area contributed by atoms with Gasteiger partial charge in [0.15, 0.2) is 0 Å². The van der Waals surface area contributed by atoms with E-state index in [9.17, 15) is 4.79 Å². The van der Waals surface area contributed by atoms with Gasteiger partial charge in [-0.2, -0.15) is 5.10 Å². The lowest BCUT2D eigenvalue weighted by Gasteiger charge is -2.25. The third-order valence-electron chi connectivity index (χ3n) is 3.12. The van der Waals surface area contributed by atoms with Gasteiger partial charge in [-0.15, -0.1) is 0 Å². The van der Waals surface area contributed by atoms with E-state index in [2.05, 4.69) is 27.3 Å². The summed E-state index contributed by atoms with van der Waals surface area (Å²) in [5.41, 5.74) is 4.19. The molecule has 18 heavy (non-hydrogen) atoms. The van der Waals surface area contributed by atoms with E-state index in [1.807, 2.05) is 0 Å². The fourth-order valence-corrected chi connectivity index (χ4v) is 1.93. The van der Waals surface area contributed by atoms with Crippen LogP contribution >= 0.6 is 0 Å². The van der Waals surface area contributed by atoms with Gasteiger partial charge in [-0.1, -0.05) is 6.92 Å². The van der Waals surface area contributed by atoms with E-state index in [-0.39, 0.29) is 5.91 Å². The molecule has 1 amide bonds. The SMILES string of the molecule is CCN1CCC(=NNC(=O)c2cccnc2)CC1. The van der Waals surface area contributed by atoms with Crippen LogP contribution in [0.15, 0.2) is 29.6 Å². The lowest BCUT2D eigenvalue weighted by molar-refractivity contribution is 0.0954. The van der Waals surface area contributed by atoms with Crippen LogP contribution in [0.25, 0.3) is 0 Å². The number of hydrogen-bond acceptors (Lipinski definition) is 4. The maximum atomic E-state index is 11.7. The molecule has 1 fully saturated rings. The molecule has 1 aliphatic rings. The first-order valence-corrected chi connectivity index (χ1v) is 6.27. The van der Waals surface area contributed by atoms with Gasteiger partial charge in [0.05, 0.1) is 5.56 Å². The number of rotatable bonds is 3. The molecule has 0 bridgehead atoms. The highest BCUT2D eigenvalue weighted by Crippen LogP contribution is 2.06. The van der Waals surface area contributed by atoms with Crippen LogP contribution < -0.4 is 5.43 Å². The Morgan fingerprint density at radius 3 is 2.89 bits per heavy atom. The van der Waals surface area contributed by atoms with Crippen LogP contribution in [0.5, 0.6) is 0 Å². The first-order valence-electron chi connectivity index (χ1n) is 6.27. The summed E-state index contributed by atoms with van der Waals surface area (Å²) >= 11 is 0. The Hall–Kier alpha value is -1.75. The molecule has 5 nitrogen and oxygen atoms in total. The second kappa shape index (κ2) is 6.26. The minimum atomic E-state index is -0.200. The molecule has 1 aromatic rings. The molecule has 0 spiro atoms. The highest BCUT2D eigenvalue weighted by atomic mass is 16.2. The van der Waals surface area contributed by atoms with Crippen molar-refractivity contribution in [3.05, 3.63) is 30.1 Å². The summed E-state index contributed by atoms with van der Waals surface area (Å²) in [6, 6.07) is 3.46. The van der Waals surface area contributed by atoms with Gasteiger partial charge in [-0.3, -0.25) is 9.78 Å². The zero-order valence-corrected chi connectivity index (χ0v) is 10.6. The molecule has 1 aromatic heterocycles. The summed E-state index contributed by atoms with van der Waals surface area (Å²) in [6.07, 6.45) is 5.04. The Morgan fingerprint density at radius 1 is 1.50 bits per heavy atom. The number of hydrogen-bond donors (Lipinski definition) is 1. The molecular weight excluding hydrogens is 228 g/mol. The summed E-state index contributed by atoms with van der Waals surface area (Å²) in [6.45, 7) is 5.29. The molecule has 0 aromatic carbocycles. The van der Waals surface area contributed by atoms with Gasteiger partial charge in [0.25, 0.3) is 5.91 Å². The number of carbonyl (C=O) groups is 1. The molecule has 1 saturated heterocycles. The van der Waals surface area contributed by atoms with E-state index in [1.54, 1.807) is 18.3 Å². The van der Waals surface area contributed by atoms with Gasteiger partial charge in [0.2, 0.25) is 0 Å². The van der Waals surface area contributed by atoms with Gasteiger partial charge in [0.1, 0.15) is 0 Å². The van der Waals surface area contributed by atoms with Crippen LogP contribution in [0.1, 0.15) is 30.1 Å². The summed E-state index contributed by atoms with van der Waals surface area (Å²) in [4.78, 5) is 18.0. The zero-order valence-electron chi connectivity index (χ0n) is 10.6. The minimum absolute atomic E-state index is 0.200. The van der Waals surface area contributed by atoms with Crippen molar-refractivity contribution in [1.82, 2.24) is 15.3 Å². The maximum absolute atomic E-state index is 11.7. The molecule has 0 atom stereocenters. The fourth-order valence-electron chi connectivity index (χ4n) is 1.93. The predicted octanol–water partition coefficient (Wildman–Crippen LogP) is 1.28. The van der Waals surface area contributed by atoms with Gasteiger partial charge in [-0.05, 0) is 18.7 Å². The summed E-state index contributed by atoms with van der Waals surface area (Å²) in [5, 5.41) is 4.19. The van der Waals surface area contributed by atoms with Crippen molar-refractivity contribution in [3.63, 3.8) is 0 Å². The van der Waals surface area contributed by atoms with Gasteiger partial charge >= 0.3 is 0 Å². The van der Waals surface area contributed by atoms with E-state index in [1.165, 1.54) is 6.20 Å². The summed E-state index contributed by atoms with van der Waals surface area (Å²) in [5.74, 6) is -0.200. The minimum Gasteiger partial charge on any atom is -0.303 e. The van der Waals surface area contributed by atoms with Crippen molar-refractivity contribution in [3.8, 4) is 0 Å². The first kappa shape index (κ1) is 12.7. The van der Waals surface area contributed by atoms with Crippen LogP contribution in [0.2, 0.25) is 0 Å². The third-order valence-corrected chi connectivity index (χ3v) is 3.12. The Balaban J connectivity index is 1.86. The van der Waals surface area contributed by atoms with E-state index in [0.29, 0.717) is 5.56 Å². The van der Waals surface area contributed by atoms with Gasteiger partial charge in [0, 0.05) is 44.0 Å². The van der Waals surface area contributed by atoms with Crippen LogP contribution in [0.4, 0.5) is 0 Å². The van der Waals surface area contributed by atoms with E-state index in [4.69, 9.17) is 0 Å². The van der Waals surface area contributed by atoms with Crippen LogP contribution in [0.3, 0.4) is 0 Å². The van der Waals surface area contributed by atoms with Gasteiger partial charge < -0.3 is 4.90 Å². The molecule has 0 aliphatic carbocycles. The second-order valence-corrected chi connectivity index (χ2v) is 4.29. The van der Waals surface area contributed by atoms with E-state index >= 15 is 0 Å². The lowest BCUT2D eigenvalue weighted by Crippen LogP contribution is -2.34. The average molecular weight is 246 g/mol. The average Bonchev–Trinajstić information content (AvgIpc) is 2.46. The van der Waals surface area contributed by atoms with Crippen molar-refractivity contribution in [1.29, 1.82) is 0 Å². The molecular formula is C13H18N4O. The molecule has 2 rings (SSSR count). The smallest absolute Gasteiger partial charge is 0.272 e. The molecule has 1 aliphatic heterocycles. The number of pyridine rings is 1. The quantitative estimate of drug-likeness (QED) is 0.817. The van der Waals surface area contributed by atoms with Crippen molar-refractivity contribution in [2.45, 2.75) is 19.8 Å². The van der Waals surface area contributed by atoms with Crippen molar-refractivity contribution in [2.24, 2.45) is 5.10 Å². The highest BCUT2D eigenvalue weighted by molar-refractivity contribution is 5.95. The number of nitrogens with one attached hydrogen (secondary N) is 1. The van der Waals surface area contributed by atoms with Crippen molar-refractivity contribution < 1.29 is 4.79 Å². The van der Waals surface area contributed by atoms with E-state index < -0.39 is 0 Å².